The normalized spacial score (nSPS) is 22.8. The molecule has 6 heteroatoms. The van der Waals surface area contributed by atoms with Crippen LogP contribution in [0.25, 0.3) is 0 Å². The molecule has 1 aliphatic heterocycles. The number of rotatable bonds is 4. The van der Waals surface area contributed by atoms with E-state index in [-0.39, 0.29) is 36.5 Å². The monoisotopic (exact) mass is 314 g/mol. The highest BCUT2D eigenvalue weighted by atomic mass is 35.5. The van der Waals surface area contributed by atoms with Crippen LogP contribution in [0, 0.1) is 0 Å². The van der Waals surface area contributed by atoms with Gasteiger partial charge in [-0.2, -0.15) is 0 Å². The Bertz CT molecular complexity index is 470. The van der Waals surface area contributed by atoms with Crippen LogP contribution in [-0.4, -0.2) is 38.3 Å². The van der Waals surface area contributed by atoms with Gasteiger partial charge >= 0.3 is 0 Å². The number of halogens is 1. The Morgan fingerprint density at radius 1 is 1.48 bits per heavy atom. The summed E-state index contributed by atoms with van der Waals surface area (Å²) in [7, 11) is 1.63. The van der Waals surface area contributed by atoms with Gasteiger partial charge in [-0.05, 0) is 19.9 Å². The Kier molecular flexibility index (Phi) is 6.95. The van der Waals surface area contributed by atoms with Crippen molar-refractivity contribution in [3.8, 4) is 5.75 Å². The molecule has 0 aromatic heterocycles. The van der Waals surface area contributed by atoms with Gasteiger partial charge in [0, 0.05) is 12.1 Å². The number of hydrogen-bond donors (Lipinski definition) is 2. The van der Waals surface area contributed by atoms with Crippen molar-refractivity contribution < 1.29 is 14.3 Å². The lowest BCUT2D eigenvalue weighted by atomic mass is 10.1. The quantitative estimate of drug-likeness (QED) is 0.887. The zero-order valence-electron chi connectivity index (χ0n) is 12.6. The van der Waals surface area contributed by atoms with Crippen molar-refractivity contribution in [3.05, 3.63) is 29.8 Å². The lowest BCUT2D eigenvalue weighted by molar-refractivity contribution is -0.129. The van der Waals surface area contributed by atoms with Crippen molar-refractivity contribution in [2.45, 2.75) is 32.0 Å². The second-order valence-corrected chi connectivity index (χ2v) is 4.98. The molecule has 1 aromatic rings. The molecule has 1 fully saturated rings. The van der Waals surface area contributed by atoms with Gasteiger partial charge < -0.3 is 20.1 Å². The van der Waals surface area contributed by atoms with Crippen LogP contribution < -0.4 is 15.4 Å². The van der Waals surface area contributed by atoms with E-state index in [9.17, 15) is 4.79 Å². The Morgan fingerprint density at radius 3 is 2.86 bits per heavy atom. The highest BCUT2D eigenvalue weighted by Crippen LogP contribution is 2.24. The number of morpholine rings is 1. The lowest BCUT2D eigenvalue weighted by Crippen LogP contribution is -2.55. The minimum atomic E-state index is -0.305. The SMILES string of the molecule is COc1ccccc1C(C)NC(=O)[C@H]1NCCO[C@@H]1C.Cl. The van der Waals surface area contributed by atoms with Crippen LogP contribution in [0.3, 0.4) is 0 Å². The maximum Gasteiger partial charge on any atom is 0.240 e. The van der Waals surface area contributed by atoms with Gasteiger partial charge in [0.05, 0.1) is 25.9 Å². The van der Waals surface area contributed by atoms with Gasteiger partial charge in [0.2, 0.25) is 5.91 Å². The van der Waals surface area contributed by atoms with E-state index < -0.39 is 0 Å². The fourth-order valence-corrected chi connectivity index (χ4v) is 2.43. The number of amides is 1. The Morgan fingerprint density at radius 2 is 2.19 bits per heavy atom. The molecule has 2 N–H and O–H groups in total. The van der Waals surface area contributed by atoms with Gasteiger partial charge in [-0.15, -0.1) is 12.4 Å². The molecular formula is C15H23ClN2O3. The first-order valence-corrected chi connectivity index (χ1v) is 6.91. The van der Waals surface area contributed by atoms with Crippen molar-refractivity contribution in [3.63, 3.8) is 0 Å². The van der Waals surface area contributed by atoms with Gasteiger partial charge in [0.25, 0.3) is 0 Å². The van der Waals surface area contributed by atoms with Crippen molar-refractivity contribution in [2.24, 2.45) is 0 Å². The minimum absolute atomic E-state index is 0. The third-order valence-electron chi connectivity index (χ3n) is 3.56. The Hall–Kier alpha value is -1.30. The molecular weight excluding hydrogens is 292 g/mol. The second-order valence-electron chi connectivity index (χ2n) is 4.98. The third kappa shape index (κ3) is 4.33. The predicted molar refractivity (Wildman–Crippen MR) is 84.0 cm³/mol. The number of ether oxygens (including phenoxy) is 2. The summed E-state index contributed by atoms with van der Waals surface area (Å²) in [5, 5.41) is 6.20. The molecule has 1 heterocycles. The molecule has 0 spiro atoms. The average Bonchev–Trinajstić information content (AvgIpc) is 2.47. The standard InChI is InChI=1S/C15H22N2O3.ClH/c1-10(12-6-4-5-7-13(12)19-3)17-15(18)14-11(2)20-9-8-16-14;/h4-7,10-11,14,16H,8-9H2,1-3H3,(H,17,18);1H/t10?,11-,14+;/m1./s1. The minimum Gasteiger partial charge on any atom is -0.496 e. The fourth-order valence-electron chi connectivity index (χ4n) is 2.43. The van der Waals surface area contributed by atoms with E-state index in [4.69, 9.17) is 9.47 Å². The highest BCUT2D eigenvalue weighted by Gasteiger charge is 2.29. The summed E-state index contributed by atoms with van der Waals surface area (Å²) in [6.07, 6.45) is -0.117. The molecule has 3 atom stereocenters. The molecule has 2 rings (SSSR count). The van der Waals surface area contributed by atoms with Crippen molar-refractivity contribution in [1.82, 2.24) is 10.6 Å². The molecule has 0 bridgehead atoms. The van der Waals surface area contributed by atoms with Crippen LogP contribution in [0.5, 0.6) is 5.75 Å². The number of hydrogen-bond acceptors (Lipinski definition) is 4. The van der Waals surface area contributed by atoms with Crippen LogP contribution in [-0.2, 0) is 9.53 Å². The van der Waals surface area contributed by atoms with E-state index in [2.05, 4.69) is 10.6 Å². The summed E-state index contributed by atoms with van der Waals surface area (Å²) in [6, 6.07) is 7.27. The third-order valence-corrected chi connectivity index (χ3v) is 3.56. The van der Waals surface area contributed by atoms with Crippen molar-refractivity contribution in [1.29, 1.82) is 0 Å². The number of nitrogens with one attached hydrogen (secondary N) is 2. The zero-order valence-corrected chi connectivity index (χ0v) is 13.4. The molecule has 0 saturated carbocycles. The molecule has 1 amide bonds. The Balaban J connectivity index is 0.00000220. The first-order valence-electron chi connectivity index (χ1n) is 6.91. The predicted octanol–water partition coefficient (Wildman–Crippen LogP) is 1.67. The van der Waals surface area contributed by atoms with E-state index in [0.29, 0.717) is 13.2 Å². The maximum atomic E-state index is 12.3. The highest BCUT2D eigenvalue weighted by molar-refractivity contribution is 5.85. The molecule has 1 aromatic carbocycles. The summed E-state index contributed by atoms with van der Waals surface area (Å²) < 4.78 is 10.8. The fraction of sp³-hybridized carbons (Fsp3) is 0.533. The van der Waals surface area contributed by atoms with E-state index in [1.807, 2.05) is 38.1 Å². The summed E-state index contributed by atoms with van der Waals surface area (Å²) >= 11 is 0. The number of carbonyl (C=O) groups excluding carboxylic acids is 1. The summed E-state index contributed by atoms with van der Waals surface area (Å²) in [6.45, 7) is 5.20. The van der Waals surface area contributed by atoms with Crippen LogP contribution in [0.1, 0.15) is 25.5 Å². The van der Waals surface area contributed by atoms with Crippen molar-refractivity contribution in [2.75, 3.05) is 20.3 Å². The van der Waals surface area contributed by atoms with E-state index >= 15 is 0 Å². The summed E-state index contributed by atoms with van der Waals surface area (Å²) in [4.78, 5) is 12.3. The van der Waals surface area contributed by atoms with E-state index in [1.54, 1.807) is 7.11 Å². The Labute approximate surface area is 131 Å². The van der Waals surface area contributed by atoms with E-state index in [0.717, 1.165) is 11.3 Å². The van der Waals surface area contributed by atoms with Crippen LogP contribution in [0.2, 0.25) is 0 Å². The van der Waals surface area contributed by atoms with Gasteiger partial charge in [-0.25, -0.2) is 0 Å². The molecule has 0 aliphatic carbocycles. The molecule has 0 radical (unpaired) electrons. The smallest absolute Gasteiger partial charge is 0.240 e. The first kappa shape index (κ1) is 17.8. The maximum absolute atomic E-state index is 12.3. The zero-order chi connectivity index (χ0) is 14.5. The van der Waals surface area contributed by atoms with Gasteiger partial charge in [-0.3, -0.25) is 4.79 Å². The number of methoxy groups -OCH3 is 1. The van der Waals surface area contributed by atoms with E-state index in [1.165, 1.54) is 0 Å². The van der Waals surface area contributed by atoms with Gasteiger partial charge in [0.1, 0.15) is 11.8 Å². The molecule has 5 nitrogen and oxygen atoms in total. The molecule has 1 saturated heterocycles. The topological polar surface area (TPSA) is 59.6 Å². The summed E-state index contributed by atoms with van der Waals surface area (Å²) in [5.74, 6) is 0.733. The number of para-hydroxylation sites is 1. The van der Waals surface area contributed by atoms with Gasteiger partial charge in [0.15, 0.2) is 0 Å². The second kappa shape index (κ2) is 8.22. The van der Waals surface area contributed by atoms with Gasteiger partial charge in [-0.1, -0.05) is 18.2 Å². The average molecular weight is 315 g/mol. The van der Waals surface area contributed by atoms with Crippen molar-refractivity contribution >= 4 is 18.3 Å². The summed E-state index contributed by atoms with van der Waals surface area (Å²) in [5.41, 5.74) is 0.965. The van der Waals surface area contributed by atoms with Crippen LogP contribution in [0.15, 0.2) is 24.3 Å². The molecule has 21 heavy (non-hydrogen) atoms. The number of carbonyl (C=O) groups is 1. The molecule has 1 aliphatic rings. The van der Waals surface area contributed by atoms with Crippen LogP contribution >= 0.6 is 12.4 Å². The molecule has 1 unspecified atom stereocenters. The number of benzene rings is 1. The largest absolute Gasteiger partial charge is 0.496 e. The lowest BCUT2D eigenvalue weighted by Gasteiger charge is -2.30. The van der Waals surface area contributed by atoms with Crippen LogP contribution in [0.4, 0.5) is 0 Å². The molecule has 118 valence electrons. The first-order chi connectivity index (χ1) is 9.63.